The number of aromatic nitrogens is 2. The average molecular weight is 286 g/mol. The van der Waals surface area contributed by atoms with Crippen molar-refractivity contribution in [1.82, 2.24) is 9.78 Å². The van der Waals surface area contributed by atoms with Crippen LogP contribution < -0.4 is 0 Å². The molecule has 0 saturated heterocycles. The SMILES string of the molecule is CC(C)C1CCC(O)C(Cc2nn(C)c3ccccc23)C1. The molecule has 1 heterocycles. The van der Waals surface area contributed by atoms with E-state index >= 15 is 0 Å². The van der Waals surface area contributed by atoms with E-state index in [4.69, 9.17) is 5.10 Å². The zero-order valence-electron chi connectivity index (χ0n) is 13.3. The normalized spacial score (nSPS) is 26.6. The lowest BCUT2D eigenvalue weighted by molar-refractivity contribution is 0.0375. The molecule has 0 spiro atoms. The first kappa shape index (κ1) is 14.6. The molecule has 1 aliphatic carbocycles. The molecule has 3 heteroatoms. The number of hydrogen-bond acceptors (Lipinski definition) is 2. The molecule has 1 N–H and O–H groups in total. The van der Waals surface area contributed by atoms with Gasteiger partial charge in [-0.15, -0.1) is 0 Å². The molecule has 3 atom stereocenters. The molecule has 0 bridgehead atoms. The highest BCUT2D eigenvalue weighted by molar-refractivity contribution is 5.81. The van der Waals surface area contributed by atoms with E-state index in [-0.39, 0.29) is 6.10 Å². The number of nitrogens with zero attached hydrogens (tertiary/aromatic N) is 2. The average Bonchev–Trinajstić information content (AvgIpc) is 2.78. The van der Waals surface area contributed by atoms with Gasteiger partial charge in [-0.25, -0.2) is 0 Å². The summed E-state index contributed by atoms with van der Waals surface area (Å²) in [5.41, 5.74) is 2.32. The van der Waals surface area contributed by atoms with Crippen LogP contribution in [0.25, 0.3) is 10.9 Å². The third-order valence-electron chi connectivity index (χ3n) is 5.22. The number of rotatable bonds is 3. The van der Waals surface area contributed by atoms with Crippen molar-refractivity contribution in [2.24, 2.45) is 24.8 Å². The number of fused-ring (bicyclic) bond motifs is 1. The van der Waals surface area contributed by atoms with Crippen LogP contribution in [0.1, 0.15) is 38.8 Å². The Hall–Kier alpha value is -1.35. The van der Waals surface area contributed by atoms with Crippen molar-refractivity contribution >= 4 is 10.9 Å². The van der Waals surface area contributed by atoms with Gasteiger partial charge in [-0.2, -0.15) is 5.10 Å². The van der Waals surface area contributed by atoms with Crippen LogP contribution in [0, 0.1) is 17.8 Å². The summed E-state index contributed by atoms with van der Waals surface area (Å²) in [6.07, 6.45) is 3.97. The lowest BCUT2D eigenvalue weighted by atomic mass is 9.73. The minimum atomic E-state index is -0.166. The van der Waals surface area contributed by atoms with Gasteiger partial charge in [0.1, 0.15) is 0 Å². The van der Waals surface area contributed by atoms with E-state index in [1.54, 1.807) is 0 Å². The zero-order chi connectivity index (χ0) is 15.0. The Balaban J connectivity index is 1.83. The van der Waals surface area contributed by atoms with Crippen LogP contribution in [0.4, 0.5) is 0 Å². The van der Waals surface area contributed by atoms with E-state index in [1.165, 1.54) is 10.9 Å². The summed E-state index contributed by atoms with van der Waals surface area (Å²) in [5, 5.41) is 16.3. The molecule has 0 amide bonds. The summed E-state index contributed by atoms with van der Waals surface area (Å²) in [4.78, 5) is 0. The lowest BCUT2D eigenvalue weighted by Crippen LogP contribution is -2.32. The molecule has 1 saturated carbocycles. The van der Waals surface area contributed by atoms with Gasteiger partial charge >= 0.3 is 0 Å². The second-order valence-electron chi connectivity index (χ2n) is 6.94. The summed E-state index contributed by atoms with van der Waals surface area (Å²) in [5.74, 6) is 1.80. The summed E-state index contributed by atoms with van der Waals surface area (Å²) in [6.45, 7) is 4.60. The Labute approximate surface area is 127 Å². The van der Waals surface area contributed by atoms with E-state index in [0.29, 0.717) is 11.8 Å². The predicted molar refractivity (Wildman–Crippen MR) is 86.1 cm³/mol. The highest BCUT2D eigenvalue weighted by Crippen LogP contribution is 2.36. The Morgan fingerprint density at radius 2 is 2.05 bits per heavy atom. The number of hydrogen-bond donors (Lipinski definition) is 1. The minimum absolute atomic E-state index is 0.166. The maximum Gasteiger partial charge on any atom is 0.0707 e. The second kappa shape index (κ2) is 5.80. The summed E-state index contributed by atoms with van der Waals surface area (Å²) < 4.78 is 1.96. The highest BCUT2D eigenvalue weighted by atomic mass is 16.3. The Bertz CT molecular complexity index is 617. The maximum absolute atomic E-state index is 10.4. The summed E-state index contributed by atoms with van der Waals surface area (Å²) in [6, 6.07) is 8.38. The van der Waals surface area contributed by atoms with Gasteiger partial charge in [-0.3, -0.25) is 4.68 Å². The van der Waals surface area contributed by atoms with Gasteiger partial charge in [0.25, 0.3) is 0 Å². The largest absolute Gasteiger partial charge is 0.393 e. The standard InChI is InChI=1S/C18H26N2O/c1-12(2)13-8-9-18(21)14(10-13)11-16-15-6-4-5-7-17(15)20(3)19-16/h4-7,12-14,18,21H,8-11H2,1-3H3. The second-order valence-corrected chi connectivity index (χ2v) is 6.94. The molecule has 0 radical (unpaired) electrons. The van der Waals surface area contributed by atoms with Crippen molar-refractivity contribution in [3.8, 4) is 0 Å². The molecule has 1 aromatic carbocycles. The summed E-state index contributed by atoms with van der Waals surface area (Å²) >= 11 is 0. The van der Waals surface area contributed by atoms with Gasteiger partial charge in [0.05, 0.1) is 17.3 Å². The zero-order valence-corrected chi connectivity index (χ0v) is 13.3. The smallest absolute Gasteiger partial charge is 0.0707 e. The van der Waals surface area contributed by atoms with E-state index in [1.807, 2.05) is 11.7 Å². The van der Waals surface area contributed by atoms with E-state index in [2.05, 4.69) is 38.1 Å². The fourth-order valence-corrected chi connectivity index (χ4v) is 3.80. The van der Waals surface area contributed by atoms with Crippen LogP contribution in [0.15, 0.2) is 24.3 Å². The Morgan fingerprint density at radius 3 is 2.81 bits per heavy atom. The molecule has 3 unspecified atom stereocenters. The van der Waals surface area contributed by atoms with Gasteiger partial charge in [0, 0.05) is 12.4 Å². The molecule has 0 aliphatic heterocycles. The molecule has 114 valence electrons. The molecule has 2 aromatic rings. The molecule has 3 nitrogen and oxygen atoms in total. The van der Waals surface area contributed by atoms with Crippen LogP contribution >= 0.6 is 0 Å². The molecule has 21 heavy (non-hydrogen) atoms. The number of benzene rings is 1. The van der Waals surface area contributed by atoms with Gasteiger partial charge in [-0.05, 0) is 49.5 Å². The lowest BCUT2D eigenvalue weighted by Gasteiger charge is -2.35. The topological polar surface area (TPSA) is 38.1 Å². The molecule has 1 aliphatic rings. The first-order valence-electron chi connectivity index (χ1n) is 8.15. The highest BCUT2D eigenvalue weighted by Gasteiger charge is 2.31. The van der Waals surface area contributed by atoms with Crippen LogP contribution in [0.2, 0.25) is 0 Å². The maximum atomic E-state index is 10.4. The molecule has 1 aromatic heterocycles. The first-order valence-corrected chi connectivity index (χ1v) is 8.15. The van der Waals surface area contributed by atoms with E-state index < -0.39 is 0 Å². The number of aliphatic hydroxyl groups excluding tert-OH is 1. The van der Waals surface area contributed by atoms with Crippen LogP contribution in [0.5, 0.6) is 0 Å². The van der Waals surface area contributed by atoms with Crippen molar-refractivity contribution in [3.63, 3.8) is 0 Å². The van der Waals surface area contributed by atoms with Crippen LogP contribution in [-0.4, -0.2) is 21.0 Å². The van der Waals surface area contributed by atoms with Gasteiger partial charge < -0.3 is 5.11 Å². The molecule has 1 fully saturated rings. The van der Waals surface area contributed by atoms with Gasteiger partial charge in [-0.1, -0.05) is 32.0 Å². The fourth-order valence-electron chi connectivity index (χ4n) is 3.80. The first-order chi connectivity index (χ1) is 10.1. The Morgan fingerprint density at radius 1 is 1.29 bits per heavy atom. The molecular weight excluding hydrogens is 260 g/mol. The molecule has 3 rings (SSSR count). The number of para-hydroxylation sites is 1. The van der Waals surface area contributed by atoms with Crippen molar-refractivity contribution < 1.29 is 5.11 Å². The number of aliphatic hydroxyl groups is 1. The van der Waals surface area contributed by atoms with Crippen molar-refractivity contribution in [2.75, 3.05) is 0 Å². The van der Waals surface area contributed by atoms with E-state index in [0.717, 1.165) is 37.3 Å². The molecular formula is C18H26N2O. The quantitative estimate of drug-likeness (QED) is 0.937. The van der Waals surface area contributed by atoms with Crippen LogP contribution in [0.3, 0.4) is 0 Å². The minimum Gasteiger partial charge on any atom is -0.393 e. The van der Waals surface area contributed by atoms with Crippen molar-refractivity contribution in [1.29, 1.82) is 0 Å². The van der Waals surface area contributed by atoms with Crippen molar-refractivity contribution in [2.45, 2.75) is 45.6 Å². The van der Waals surface area contributed by atoms with Crippen LogP contribution in [-0.2, 0) is 13.5 Å². The third kappa shape index (κ3) is 2.84. The third-order valence-corrected chi connectivity index (χ3v) is 5.22. The fraction of sp³-hybridized carbons (Fsp3) is 0.611. The van der Waals surface area contributed by atoms with Gasteiger partial charge in [0.15, 0.2) is 0 Å². The number of aryl methyl sites for hydroxylation is 1. The monoisotopic (exact) mass is 286 g/mol. The van der Waals surface area contributed by atoms with E-state index in [9.17, 15) is 5.11 Å². The Kier molecular flexibility index (Phi) is 4.03. The van der Waals surface area contributed by atoms with Crippen molar-refractivity contribution in [3.05, 3.63) is 30.0 Å². The van der Waals surface area contributed by atoms with Gasteiger partial charge in [0.2, 0.25) is 0 Å². The predicted octanol–water partition coefficient (Wildman–Crippen LogP) is 3.55. The summed E-state index contributed by atoms with van der Waals surface area (Å²) in [7, 11) is 2.00.